The average molecular weight is 188 g/mol. The number of aromatic amines is 1. The molecule has 70 valence electrons. The maximum Gasteiger partial charge on any atom is 0.314 e. The molecule has 4 heteroatoms. The first-order chi connectivity index (χ1) is 6.75. The van der Waals surface area contributed by atoms with Gasteiger partial charge >= 0.3 is 5.56 Å². The minimum atomic E-state index is -0.402. The zero-order chi connectivity index (χ0) is 9.97. The summed E-state index contributed by atoms with van der Waals surface area (Å²) in [4.78, 5) is 13.6. The van der Waals surface area contributed by atoms with Gasteiger partial charge in [0, 0.05) is 5.56 Å². The monoisotopic (exact) mass is 188 g/mol. The fraction of sp³-hybridized carbons (Fsp3) is 0. The third-order valence-corrected chi connectivity index (χ3v) is 1.84. The lowest BCUT2D eigenvalue weighted by Crippen LogP contribution is -2.31. The molecule has 1 N–H and O–H groups in total. The van der Waals surface area contributed by atoms with Crippen molar-refractivity contribution in [2.24, 2.45) is 0 Å². The molecule has 0 saturated heterocycles. The normalized spacial score (nSPS) is 10.0. The number of H-pyrrole nitrogens is 1. The van der Waals surface area contributed by atoms with Gasteiger partial charge in [0.1, 0.15) is 5.69 Å². The first-order valence-electron chi connectivity index (χ1n) is 4.14. The lowest BCUT2D eigenvalue weighted by molar-refractivity contribution is -0.606. The second-order valence-corrected chi connectivity index (χ2v) is 2.89. The van der Waals surface area contributed by atoms with Crippen molar-refractivity contribution in [1.29, 1.82) is 0 Å². The van der Waals surface area contributed by atoms with Crippen LogP contribution in [0, 0.1) is 5.21 Å². The maximum atomic E-state index is 11.0. The predicted octanol–water partition coefficient (Wildman–Crippen LogP) is 0.675. The van der Waals surface area contributed by atoms with Crippen LogP contribution in [0.5, 0.6) is 0 Å². The van der Waals surface area contributed by atoms with Gasteiger partial charge in [-0.2, -0.15) is 4.73 Å². The predicted molar refractivity (Wildman–Crippen MR) is 51.5 cm³/mol. The summed E-state index contributed by atoms with van der Waals surface area (Å²) in [5.41, 5.74) is 0.934. The number of nitrogens with zero attached hydrogens (tertiary/aromatic N) is 1. The summed E-state index contributed by atoms with van der Waals surface area (Å²) in [7, 11) is 0. The standard InChI is InChI=1S/C10H8N2O2/c13-10-7-12(14)6-9(11-10)8-4-2-1-3-5-8/h1-7H,(H,11,13). The Morgan fingerprint density at radius 3 is 2.50 bits per heavy atom. The highest BCUT2D eigenvalue weighted by Crippen LogP contribution is 2.11. The van der Waals surface area contributed by atoms with E-state index in [1.54, 1.807) is 0 Å². The first kappa shape index (κ1) is 8.50. The second-order valence-electron chi connectivity index (χ2n) is 2.89. The summed E-state index contributed by atoms with van der Waals surface area (Å²) >= 11 is 0. The molecule has 0 radical (unpaired) electrons. The van der Waals surface area contributed by atoms with Gasteiger partial charge in [0.15, 0.2) is 0 Å². The van der Waals surface area contributed by atoms with Crippen molar-refractivity contribution >= 4 is 0 Å². The van der Waals surface area contributed by atoms with Crippen molar-refractivity contribution < 1.29 is 4.73 Å². The molecule has 1 aromatic heterocycles. The van der Waals surface area contributed by atoms with Crippen LogP contribution in [0.1, 0.15) is 0 Å². The number of aromatic nitrogens is 2. The van der Waals surface area contributed by atoms with Gasteiger partial charge in [-0.05, 0) is 0 Å². The Labute approximate surface area is 80.0 Å². The van der Waals surface area contributed by atoms with E-state index in [9.17, 15) is 10.0 Å². The van der Waals surface area contributed by atoms with Crippen molar-refractivity contribution in [1.82, 2.24) is 4.98 Å². The number of benzene rings is 1. The van der Waals surface area contributed by atoms with Crippen molar-refractivity contribution in [2.75, 3.05) is 0 Å². The summed E-state index contributed by atoms with van der Waals surface area (Å²) in [6.07, 6.45) is 2.28. The molecule has 0 saturated carbocycles. The average Bonchev–Trinajstić information content (AvgIpc) is 2.18. The molecule has 0 amide bonds. The maximum absolute atomic E-state index is 11.0. The van der Waals surface area contributed by atoms with Crippen LogP contribution in [0.2, 0.25) is 0 Å². The van der Waals surface area contributed by atoms with E-state index in [1.807, 2.05) is 30.3 Å². The first-order valence-corrected chi connectivity index (χ1v) is 4.14. The van der Waals surface area contributed by atoms with E-state index in [2.05, 4.69) is 4.98 Å². The third kappa shape index (κ3) is 1.64. The summed E-state index contributed by atoms with van der Waals surface area (Å²) < 4.78 is 0.501. The molecule has 4 nitrogen and oxygen atoms in total. The van der Waals surface area contributed by atoms with Gasteiger partial charge in [-0.3, -0.25) is 4.79 Å². The molecular formula is C10H8N2O2. The Morgan fingerprint density at radius 1 is 1.14 bits per heavy atom. The van der Waals surface area contributed by atoms with Crippen LogP contribution in [-0.2, 0) is 0 Å². The van der Waals surface area contributed by atoms with Gasteiger partial charge in [-0.25, -0.2) is 0 Å². The lowest BCUT2D eigenvalue weighted by Gasteiger charge is -2.00. The van der Waals surface area contributed by atoms with Crippen LogP contribution < -0.4 is 10.3 Å². The van der Waals surface area contributed by atoms with E-state index in [4.69, 9.17) is 0 Å². The Balaban J connectivity index is 2.58. The molecule has 0 spiro atoms. The fourth-order valence-corrected chi connectivity index (χ4v) is 1.24. The topological polar surface area (TPSA) is 59.8 Å². The molecule has 0 fully saturated rings. The van der Waals surface area contributed by atoms with Gasteiger partial charge in [0.05, 0.1) is 0 Å². The molecule has 0 unspecified atom stereocenters. The van der Waals surface area contributed by atoms with Crippen molar-refractivity contribution in [3.05, 3.63) is 58.3 Å². The van der Waals surface area contributed by atoms with Gasteiger partial charge in [-0.1, -0.05) is 30.3 Å². The van der Waals surface area contributed by atoms with Crippen LogP contribution >= 0.6 is 0 Å². The van der Waals surface area contributed by atoms with E-state index < -0.39 is 5.56 Å². The van der Waals surface area contributed by atoms with Crippen LogP contribution in [0.4, 0.5) is 0 Å². The molecule has 0 aliphatic carbocycles. The number of hydrogen-bond acceptors (Lipinski definition) is 2. The van der Waals surface area contributed by atoms with Crippen molar-refractivity contribution in [2.45, 2.75) is 0 Å². The number of nitrogens with one attached hydrogen (secondary N) is 1. The fourth-order valence-electron chi connectivity index (χ4n) is 1.24. The van der Waals surface area contributed by atoms with Gasteiger partial charge in [0.25, 0.3) is 0 Å². The zero-order valence-electron chi connectivity index (χ0n) is 7.31. The molecule has 0 atom stereocenters. The van der Waals surface area contributed by atoms with Gasteiger partial charge < -0.3 is 10.2 Å². The van der Waals surface area contributed by atoms with E-state index >= 15 is 0 Å². The largest absolute Gasteiger partial charge is 0.618 e. The van der Waals surface area contributed by atoms with E-state index in [-0.39, 0.29) is 0 Å². The zero-order valence-corrected chi connectivity index (χ0v) is 7.31. The molecule has 0 aliphatic rings. The molecule has 2 aromatic rings. The van der Waals surface area contributed by atoms with Crippen LogP contribution in [-0.4, -0.2) is 4.98 Å². The van der Waals surface area contributed by atoms with Crippen molar-refractivity contribution in [3.63, 3.8) is 0 Å². The Morgan fingerprint density at radius 2 is 1.86 bits per heavy atom. The van der Waals surface area contributed by atoms with Gasteiger partial charge in [0.2, 0.25) is 12.4 Å². The van der Waals surface area contributed by atoms with Crippen LogP contribution in [0.3, 0.4) is 0 Å². The molecule has 1 heterocycles. The van der Waals surface area contributed by atoms with E-state index in [0.717, 1.165) is 11.8 Å². The van der Waals surface area contributed by atoms with Crippen LogP contribution in [0.25, 0.3) is 11.3 Å². The van der Waals surface area contributed by atoms with E-state index in [0.29, 0.717) is 10.4 Å². The highest BCUT2D eigenvalue weighted by molar-refractivity contribution is 5.56. The smallest absolute Gasteiger partial charge is 0.314 e. The third-order valence-electron chi connectivity index (χ3n) is 1.84. The number of hydrogen-bond donors (Lipinski definition) is 1. The Kier molecular flexibility index (Phi) is 2.02. The molecule has 0 bridgehead atoms. The molecular weight excluding hydrogens is 180 g/mol. The molecule has 2 rings (SSSR count). The molecule has 1 aromatic carbocycles. The summed E-state index contributed by atoms with van der Waals surface area (Å²) in [6.45, 7) is 0. The van der Waals surface area contributed by atoms with Gasteiger partial charge in [-0.15, -0.1) is 0 Å². The SMILES string of the molecule is O=c1c[n+]([O-])cc(-c2ccccc2)[nH]1. The molecule has 14 heavy (non-hydrogen) atoms. The van der Waals surface area contributed by atoms with Crippen LogP contribution in [0.15, 0.2) is 47.5 Å². The van der Waals surface area contributed by atoms with E-state index in [1.165, 1.54) is 6.20 Å². The summed E-state index contributed by atoms with van der Waals surface area (Å²) in [5, 5.41) is 11.0. The second kappa shape index (κ2) is 3.33. The lowest BCUT2D eigenvalue weighted by atomic mass is 10.2. The number of rotatable bonds is 1. The Hall–Kier alpha value is -2.10. The minimum Gasteiger partial charge on any atom is -0.618 e. The quantitative estimate of drug-likeness (QED) is 0.528. The summed E-state index contributed by atoms with van der Waals surface area (Å²) in [6, 6.07) is 9.21. The summed E-state index contributed by atoms with van der Waals surface area (Å²) in [5.74, 6) is 0. The highest BCUT2D eigenvalue weighted by atomic mass is 16.5. The highest BCUT2D eigenvalue weighted by Gasteiger charge is 2.02. The van der Waals surface area contributed by atoms with Crippen molar-refractivity contribution in [3.8, 4) is 11.3 Å². The Bertz CT molecular complexity index is 491. The molecule has 0 aliphatic heterocycles. The minimum absolute atomic E-state index is 0.402.